The van der Waals surface area contributed by atoms with Crippen molar-refractivity contribution in [1.82, 2.24) is 4.90 Å². The summed E-state index contributed by atoms with van der Waals surface area (Å²) in [6.45, 7) is 2.48. The van der Waals surface area contributed by atoms with Crippen LogP contribution in [0.4, 0.5) is 0 Å². The monoisotopic (exact) mass is 241 g/mol. The lowest BCUT2D eigenvalue weighted by Crippen LogP contribution is -2.61. The Hall–Kier alpha value is -0.940. The van der Waals surface area contributed by atoms with E-state index in [-0.39, 0.29) is 5.91 Å². The normalized spacial score (nSPS) is 18.3. The lowest BCUT2D eigenvalue weighted by atomic mass is 9.97. The molecule has 0 aliphatic carbocycles. The average Bonchev–Trinajstić information content (AvgIpc) is 2.62. The molecule has 0 aromatic carbocycles. The predicted molar refractivity (Wildman–Crippen MR) is 62.5 cm³/mol. The van der Waals surface area contributed by atoms with Crippen molar-refractivity contribution in [3.8, 4) is 0 Å². The van der Waals surface area contributed by atoms with Crippen molar-refractivity contribution in [2.45, 2.75) is 18.3 Å². The highest BCUT2D eigenvalue weighted by molar-refractivity contribution is 7.97. The summed E-state index contributed by atoms with van der Waals surface area (Å²) in [6.07, 6.45) is 1.98. The summed E-state index contributed by atoms with van der Waals surface area (Å²) in [5, 5.41) is 9.54. The van der Waals surface area contributed by atoms with Crippen LogP contribution in [0.3, 0.4) is 0 Å². The molecule has 2 rings (SSSR count). The first-order valence-electron chi connectivity index (χ1n) is 5.11. The van der Waals surface area contributed by atoms with Gasteiger partial charge in [-0.1, -0.05) is 0 Å². The molecule has 16 heavy (non-hydrogen) atoms. The second kappa shape index (κ2) is 4.14. The van der Waals surface area contributed by atoms with Crippen LogP contribution in [0.1, 0.15) is 23.2 Å². The van der Waals surface area contributed by atoms with E-state index in [1.54, 1.807) is 29.7 Å². The number of furan rings is 1. The fourth-order valence-corrected chi connectivity index (χ4v) is 2.23. The molecule has 1 fully saturated rings. The molecular formula is C11H15NO3S. The lowest BCUT2D eigenvalue weighted by Gasteiger charge is -2.43. The van der Waals surface area contributed by atoms with Crippen molar-refractivity contribution >= 4 is 17.7 Å². The topological polar surface area (TPSA) is 53.7 Å². The molecule has 88 valence electrons. The van der Waals surface area contributed by atoms with E-state index < -0.39 is 5.60 Å². The molecular weight excluding hydrogens is 226 g/mol. The van der Waals surface area contributed by atoms with Gasteiger partial charge in [-0.25, -0.2) is 0 Å². The van der Waals surface area contributed by atoms with Crippen LogP contribution in [-0.4, -0.2) is 40.9 Å². The van der Waals surface area contributed by atoms with E-state index in [0.717, 1.165) is 11.5 Å². The molecule has 1 aliphatic rings. The van der Waals surface area contributed by atoms with E-state index in [0.29, 0.717) is 18.8 Å². The van der Waals surface area contributed by atoms with Crippen LogP contribution in [0, 0.1) is 0 Å². The van der Waals surface area contributed by atoms with Crippen LogP contribution in [0.5, 0.6) is 0 Å². The maximum absolute atomic E-state index is 11.8. The molecule has 1 aliphatic heterocycles. The van der Waals surface area contributed by atoms with Gasteiger partial charge in [-0.3, -0.25) is 4.79 Å². The maximum Gasteiger partial charge on any atom is 0.289 e. The highest BCUT2D eigenvalue weighted by Crippen LogP contribution is 2.23. The fraction of sp³-hybridized carbons (Fsp3) is 0.545. The molecule has 0 spiro atoms. The molecule has 1 N–H and O–H groups in total. The first kappa shape index (κ1) is 11.5. The molecule has 0 bridgehead atoms. The van der Waals surface area contributed by atoms with Crippen molar-refractivity contribution < 1.29 is 14.3 Å². The van der Waals surface area contributed by atoms with E-state index in [1.807, 2.05) is 12.3 Å². The summed E-state index contributed by atoms with van der Waals surface area (Å²) >= 11 is 1.65. The van der Waals surface area contributed by atoms with Gasteiger partial charge in [-0.05, 0) is 25.3 Å². The molecule has 1 amide bonds. The van der Waals surface area contributed by atoms with Crippen LogP contribution in [-0.2, 0) is 5.75 Å². The van der Waals surface area contributed by atoms with Gasteiger partial charge in [0.1, 0.15) is 5.76 Å². The molecule has 2 heterocycles. The minimum absolute atomic E-state index is 0.140. The second-order valence-corrected chi connectivity index (χ2v) is 5.22. The Kier molecular flexibility index (Phi) is 2.99. The standard InChI is InChI=1S/C11H15NO3S/c1-11(14)6-12(7-11)10(13)9-4-3-8(15-9)5-16-2/h3-4,14H,5-7H2,1-2H3. The summed E-state index contributed by atoms with van der Waals surface area (Å²) in [4.78, 5) is 13.4. The predicted octanol–water partition coefficient (Wildman–Crippen LogP) is 1.35. The summed E-state index contributed by atoms with van der Waals surface area (Å²) < 4.78 is 5.42. The highest BCUT2D eigenvalue weighted by Gasteiger charge is 2.40. The van der Waals surface area contributed by atoms with Gasteiger partial charge < -0.3 is 14.4 Å². The number of hydrogen-bond acceptors (Lipinski definition) is 4. The van der Waals surface area contributed by atoms with Gasteiger partial charge in [-0.15, -0.1) is 0 Å². The summed E-state index contributed by atoms with van der Waals surface area (Å²) in [7, 11) is 0. The minimum Gasteiger partial charge on any atom is -0.455 e. The van der Waals surface area contributed by atoms with Crippen molar-refractivity contribution in [1.29, 1.82) is 0 Å². The van der Waals surface area contributed by atoms with Crippen LogP contribution in [0.25, 0.3) is 0 Å². The van der Waals surface area contributed by atoms with E-state index in [1.165, 1.54) is 0 Å². The number of carbonyl (C=O) groups is 1. The number of thioether (sulfide) groups is 1. The Morgan fingerprint density at radius 1 is 1.62 bits per heavy atom. The molecule has 1 aromatic rings. The van der Waals surface area contributed by atoms with Crippen LogP contribution in [0.2, 0.25) is 0 Å². The third-order valence-electron chi connectivity index (χ3n) is 2.51. The van der Waals surface area contributed by atoms with Gasteiger partial charge in [-0.2, -0.15) is 11.8 Å². The number of rotatable bonds is 3. The Labute approximate surface area is 98.6 Å². The van der Waals surface area contributed by atoms with Gasteiger partial charge in [0.25, 0.3) is 5.91 Å². The Morgan fingerprint density at radius 2 is 2.31 bits per heavy atom. The Morgan fingerprint density at radius 3 is 2.88 bits per heavy atom. The highest BCUT2D eigenvalue weighted by atomic mass is 32.2. The van der Waals surface area contributed by atoms with Gasteiger partial charge in [0.05, 0.1) is 24.4 Å². The van der Waals surface area contributed by atoms with Crippen LogP contribution >= 0.6 is 11.8 Å². The Bertz CT molecular complexity index is 392. The van der Waals surface area contributed by atoms with Gasteiger partial charge in [0.2, 0.25) is 0 Å². The van der Waals surface area contributed by atoms with Crippen molar-refractivity contribution in [2.75, 3.05) is 19.3 Å². The number of likely N-dealkylation sites (tertiary alicyclic amines) is 1. The van der Waals surface area contributed by atoms with Crippen molar-refractivity contribution in [3.63, 3.8) is 0 Å². The lowest BCUT2D eigenvalue weighted by molar-refractivity contribution is -0.0678. The van der Waals surface area contributed by atoms with Gasteiger partial charge in [0, 0.05) is 0 Å². The van der Waals surface area contributed by atoms with Crippen LogP contribution < -0.4 is 0 Å². The number of nitrogens with zero attached hydrogens (tertiary/aromatic N) is 1. The molecule has 0 atom stereocenters. The molecule has 0 unspecified atom stereocenters. The molecule has 5 heteroatoms. The minimum atomic E-state index is -0.732. The number of amides is 1. The number of carbonyl (C=O) groups excluding carboxylic acids is 1. The zero-order valence-electron chi connectivity index (χ0n) is 9.40. The number of β-amino-alcohol motifs (C(OH)–C–C–N with tert-alkyl or cyclic N) is 1. The summed E-state index contributed by atoms with van der Waals surface area (Å²) in [5.41, 5.74) is -0.732. The summed E-state index contributed by atoms with van der Waals surface area (Å²) in [5.74, 6) is 1.80. The molecule has 0 radical (unpaired) electrons. The summed E-state index contributed by atoms with van der Waals surface area (Å²) in [6, 6.07) is 3.52. The van der Waals surface area contributed by atoms with E-state index in [2.05, 4.69) is 0 Å². The van der Waals surface area contributed by atoms with Gasteiger partial charge in [0.15, 0.2) is 5.76 Å². The molecule has 1 saturated heterocycles. The van der Waals surface area contributed by atoms with Crippen molar-refractivity contribution in [2.24, 2.45) is 0 Å². The third-order valence-corrected chi connectivity index (χ3v) is 3.08. The molecule has 0 saturated carbocycles. The second-order valence-electron chi connectivity index (χ2n) is 4.36. The smallest absolute Gasteiger partial charge is 0.289 e. The van der Waals surface area contributed by atoms with Crippen LogP contribution in [0.15, 0.2) is 16.5 Å². The molecule has 4 nitrogen and oxygen atoms in total. The van der Waals surface area contributed by atoms with Gasteiger partial charge >= 0.3 is 0 Å². The van der Waals surface area contributed by atoms with Crippen molar-refractivity contribution in [3.05, 3.63) is 23.7 Å². The average molecular weight is 241 g/mol. The SMILES string of the molecule is CSCc1ccc(C(=O)N2CC(C)(O)C2)o1. The number of hydrogen-bond donors (Lipinski definition) is 1. The number of aliphatic hydroxyl groups is 1. The van der Waals surface area contributed by atoms with E-state index in [9.17, 15) is 9.90 Å². The van der Waals surface area contributed by atoms with E-state index >= 15 is 0 Å². The fourth-order valence-electron chi connectivity index (χ4n) is 1.79. The zero-order chi connectivity index (χ0) is 11.8. The zero-order valence-corrected chi connectivity index (χ0v) is 10.2. The third kappa shape index (κ3) is 2.25. The first-order chi connectivity index (χ1) is 7.52. The largest absolute Gasteiger partial charge is 0.455 e. The first-order valence-corrected chi connectivity index (χ1v) is 6.50. The Balaban J connectivity index is 1.99. The maximum atomic E-state index is 11.8. The molecule has 1 aromatic heterocycles. The quantitative estimate of drug-likeness (QED) is 0.868. The van der Waals surface area contributed by atoms with E-state index in [4.69, 9.17) is 4.42 Å².